The lowest BCUT2D eigenvalue weighted by Gasteiger charge is -2.42. The summed E-state index contributed by atoms with van der Waals surface area (Å²) in [7, 11) is 1.76. The van der Waals surface area contributed by atoms with E-state index in [1.807, 2.05) is 58.1 Å². The van der Waals surface area contributed by atoms with Gasteiger partial charge in [-0.25, -0.2) is 4.79 Å². The maximum absolute atomic E-state index is 14.5. The number of ketones is 3. The fourth-order valence-electron chi connectivity index (χ4n) is 10.5. The van der Waals surface area contributed by atoms with E-state index in [1.54, 1.807) is 54.4 Å². The van der Waals surface area contributed by atoms with E-state index in [2.05, 4.69) is 0 Å². The highest BCUT2D eigenvalue weighted by molar-refractivity contribution is 7.57. The quantitative estimate of drug-likeness (QED) is 0.104. The van der Waals surface area contributed by atoms with Crippen LogP contribution in [0.15, 0.2) is 47.6 Å². The van der Waals surface area contributed by atoms with Crippen LogP contribution in [0.25, 0.3) is 0 Å². The van der Waals surface area contributed by atoms with Gasteiger partial charge in [0.05, 0.1) is 24.4 Å². The topological polar surface area (TPSA) is 201 Å². The molecule has 3 heterocycles. The molecular weight excluding hydrogens is 906 g/mol. The molecule has 2 N–H and O–H groups in total. The van der Waals surface area contributed by atoms with Gasteiger partial charge in [0.25, 0.3) is 11.7 Å². The van der Waals surface area contributed by atoms with Crippen molar-refractivity contribution >= 4 is 36.6 Å². The Bertz CT molecular complexity index is 1940. The summed E-state index contributed by atoms with van der Waals surface area (Å²) < 4.78 is 48.2. The van der Waals surface area contributed by atoms with Crippen molar-refractivity contribution in [2.45, 2.75) is 180 Å². The Kier molecular flexibility index (Phi) is 22.5. The number of ether oxygens (including phenoxy) is 5. The van der Waals surface area contributed by atoms with E-state index in [0.717, 1.165) is 12.0 Å². The molecule has 0 aromatic carbocycles. The second kappa shape index (κ2) is 26.5. The molecule has 0 spiro atoms. The number of nitrogens with zero attached hydrogens (tertiary/aromatic N) is 1. The van der Waals surface area contributed by atoms with Crippen LogP contribution in [0.1, 0.15) is 126 Å². The second-order valence-corrected chi connectivity index (χ2v) is 23.6. The lowest BCUT2D eigenvalue weighted by molar-refractivity contribution is -0.265. The number of methoxy groups -OCH3 is 3. The summed E-state index contributed by atoms with van der Waals surface area (Å²) in [5, 5.41) is 23.5. The molecular formula is C53H84NO14P. The van der Waals surface area contributed by atoms with Crippen LogP contribution < -0.4 is 0 Å². The highest BCUT2D eigenvalue weighted by Gasteiger charge is 2.53. The number of amides is 1. The van der Waals surface area contributed by atoms with E-state index < -0.39 is 85.1 Å². The zero-order valence-electron chi connectivity index (χ0n) is 43.4. The molecule has 4 aliphatic rings. The van der Waals surface area contributed by atoms with Gasteiger partial charge in [-0.2, -0.15) is 0 Å². The first kappa shape index (κ1) is 58.4. The Hall–Kier alpha value is -3.14. The predicted molar refractivity (Wildman–Crippen MR) is 263 cm³/mol. The largest absolute Gasteiger partial charge is 0.460 e. The third-order valence-electron chi connectivity index (χ3n) is 14.8. The molecule has 15 nitrogen and oxygen atoms in total. The third kappa shape index (κ3) is 16.2. The number of aliphatic hydroxyl groups excluding tert-OH is 1. The number of cyclic esters (lactones) is 1. The maximum Gasteiger partial charge on any atom is 0.329 e. The average Bonchev–Trinajstić information content (AvgIpc) is 3.30. The summed E-state index contributed by atoms with van der Waals surface area (Å²) in [5.74, 6) is -8.11. The number of allylic oxidation sites excluding steroid dienone is 6. The fourth-order valence-corrected chi connectivity index (χ4v) is 11.4. The summed E-state index contributed by atoms with van der Waals surface area (Å²) in [6.07, 6.45) is 11.4. The number of carbonyl (C=O) groups is 5. The molecule has 16 heteroatoms. The van der Waals surface area contributed by atoms with E-state index in [0.29, 0.717) is 63.4 Å². The summed E-state index contributed by atoms with van der Waals surface area (Å²) in [5.41, 5.74) is 1.25. The molecule has 390 valence electrons. The van der Waals surface area contributed by atoms with Crippen molar-refractivity contribution in [1.29, 1.82) is 0 Å². The van der Waals surface area contributed by atoms with Crippen molar-refractivity contribution in [3.05, 3.63) is 47.6 Å². The van der Waals surface area contributed by atoms with Gasteiger partial charge in [0, 0.05) is 71.8 Å². The zero-order chi connectivity index (χ0) is 51.4. The van der Waals surface area contributed by atoms with E-state index >= 15 is 0 Å². The molecule has 3 aliphatic heterocycles. The van der Waals surface area contributed by atoms with Crippen molar-refractivity contribution < 1.29 is 67.0 Å². The van der Waals surface area contributed by atoms with Gasteiger partial charge < -0.3 is 43.3 Å². The van der Waals surface area contributed by atoms with E-state index in [4.69, 9.17) is 28.2 Å². The molecule has 0 aromatic heterocycles. The zero-order valence-corrected chi connectivity index (χ0v) is 44.3. The van der Waals surface area contributed by atoms with Crippen molar-refractivity contribution in [3.63, 3.8) is 0 Å². The Morgan fingerprint density at radius 3 is 2.22 bits per heavy atom. The van der Waals surface area contributed by atoms with Gasteiger partial charge in [0.2, 0.25) is 5.79 Å². The number of hydrogen-bond donors (Lipinski definition) is 2. The van der Waals surface area contributed by atoms with Gasteiger partial charge >= 0.3 is 5.97 Å². The third-order valence-corrected chi connectivity index (χ3v) is 15.6. The number of Topliss-reactive ketones (excluding diaryl/α,β-unsaturated/α-hetero) is 3. The number of rotatable bonds is 8. The van der Waals surface area contributed by atoms with Crippen molar-refractivity contribution in [3.8, 4) is 0 Å². The SMILES string of the molecule is CO[C@H]1C[C@@H]2CC[C@@H](C)[C@@](O)(O2)C(=O)C(=O)N2CCCC[C@H]2C(=O)O[C@H]([C@H](C)C[C@@H]2CC[C@@H](OP(C)(C)=O)[C@H](OC)C2)CC(=O)[C@H](C)C=C(C)[C@@H](O)[C@@H](OC)C(=O)[C@H](C)C[C@H](C)/C=C/C=C/C=C\1C. The Balaban J connectivity index is 1.70. The number of piperidine rings is 1. The van der Waals surface area contributed by atoms with Crippen LogP contribution in [0, 0.1) is 35.5 Å². The first-order valence-corrected chi connectivity index (χ1v) is 27.7. The first-order chi connectivity index (χ1) is 32.4. The van der Waals surface area contributed by atoms with Crippen LogP contribution in [0.3, 0.4) is 0 Å². The first-order valence-electron chi connectivity index (χ1n) is 25.2. The van der Waals surface area contributed by atoms with E-state index in [1.165, 1.54) is 12.0 Å². The summed E-state index contributed by atoms with van der Waals surface area (Å²) in [6, 6.07) is -1.16. The average molecular weight is 990 g/mol. The van der Waals surface area contributed by atoms with Crippen LogP contribution in [0.5, 0.6) is 0 Å². The van der Waals surface area contributed by atoms with Gasteiger partial charge in [-0.05, 0) is 107 Å². The number of carbonyl (C=O) groups excluding carboxylic acids is 5. The minimum Gasteiger partial charge on any atom is -0.460 e. The van der Waals surface area contributed by atoms with Gasteiger partial charge in [0.1, 0.15) is 30.1 Å². The smallest absolute Gasteiger partial charge is 0.329 e. The lowest BCUT2D eigenvalue weighted by Crippen LogP contribution is -2.61. The predicted octanol–water partition coefficient (Wildman–Crippen LogP) is 7.74. The Morgan fingerprint density at radius 2 is 1.57 bits per heavy atom. The highest BCUT2D eigenvalue weighted by Crippen LogP contribution is 2.45. The van der Waals surface area contributed by atoms with Crippen LogP contribution in [0.2, 0.25) is 0 Å². The monoisotopic (exact) mass is 990 g/mol. The molecule has 1 amide bonds. The molecule has 1 aliphatic carbocycles. The summed E-state index contributed by atoms with van der Waals surface area (Å²) >= 11 is 0. The normalized spacial score (nSPS) is 38.3. The van der Waals surface area contributed by atoms with Gasteiger partial charge in [-0.1, -0.05) is 71.1 Å². The number of fused-ring (bicyclic) bond motifs is 3. The van der Waals surface area contributed by atoms with Crippen LogP contribution >= 0.6 is 7.37 Å². The molecule has 0 aromatic rings. The summed E-state index contributed by atoms with van der Waals surface area (Å²) in [6.45, 7) is 15.9. The van der Waals surface area contributed by atoms with Gasteiger partial charge in [-0.3, -0.25) is 23.7 Å². The molecule has 4 rings (SSSR count). The van der Waals surface area contributed by atoms with Crippen LogP contribution in [-0.2, 0) is 56.7 Å². The molecule has 0 radical (unpaired) electrons. The van der Waals surface area contributed by atoms with Crippen molar-refractivity contribution in [2.24, 2.45) is 35.5 Å². The van der Waals surface area contributed by atoms with Crippen LogP contribution in [-0.4, -0.2) is 140 Å². The van der Waals surface area contributed by atoms with Gasteiger partial charge in [0.15, 0.2) is 13.2 Å². The number of aliphatic hydroxyl groups is 2. The fraction of sp³-hybridized carbons (Fsp3) is 0.755. The van der Waals surface area contributed by atoms with Crippen molar-refractivity contribution in [2.75, 3.05) is 41.2 Å². The lowest BCUT2D eigenvalue weighted by atomic mass is 9.78. The number of esters is 1. The minimum absolute atomic E-state index is 0.0117. The number of hydrogen-bond acceptors (Lipinski definition) is 14. The highest BCUT2D eigenvalue weighted by atomic mass is 31.2. The molecule has 2 saturated heterocycles. The molecule has 0 unspecified atom stereocenters. The summed E-state index contributed by atoms with van der Waals surface area (Å²) in [4.78, 5) is 72.2. The standard InChI is InChI=1S/C53H84NO14P/c1-32-18-14-13-15-19-33(2)44(63-8)30-40-23-21-38(7)53(61,67-40)50(58)51(59)54-25-17-16-20-41(54)52(60)66-45(35(4)28-39-22-24-43(46(29-39)64-9)68-69(11,12)62)31-42(55)34(3)27-37(6)48(57)49(65-10)47(56)36(5)26-32/h13-15,18-19,27,32,34-36,38-41,43-46,48-49,57,61H,16-17,20-26,28-31H2,1-12H3/b15-13+,18-14+,33-19-,37-27?/t32-,34-,35-,36-,38-,39+,40+,41+,43-,44+,45+,46-,48-,49+,53-/m1/s1. The van der Waals surface area contributed by atoms with Crippen molar-refractivity contribution in [1.82, 2.24) is 4.90 Å². The van der Waals surface area contributed by atoms with E-state index in [9.17, 15) is 38.8 Å². The van der Waals surface area contributed by atoms with E-state index in [-0.39, 0.29) is 60.9 Å². The molecule has 3 fully saturated rings. The second-order valence-electron chi connectivity index (χ2n) is 20.9. The molecule has 1 saturated carbocycles. The van der Waals surface area contributed by atoms with Crippen LogP contribution in [0.4, 0.5) is 0 Å². The molecule has 2 bridgehead atoms. The Morgan fingerprint density at radius 1 is 0.855 bits per heavy atom. The van der Waals surface area contributed by atoms with Gasteiger partial charge in [-0.15, -0.1) is 0 Å². The molecule has 15 atom stereocenters. The Labute approximate surface area is 411 Å². The maximum atomic E-state index is 14.5. The molecule has 69 heavy (non-hydrogen) atoms. The minimum atomic E-state index is -2.79.